The molecular weight excluding hydrogens is 208 g/mol. The highest BCUT2D eigenvalue weighted by atomic mass is 15.5. The van der Waals surface area contributed by atoms with E-state index in [1.54, 1.807) is 0 Å². The fourth-order valence-electron chi connectivity index (χ4n) is 1.52. The molecule has 2 rings (SSSR count). The second kappa shape index (κ2) is 5.75. The molecule has 0 spiro atoms. The molecule has 1 N–H and O–H groups in total. The summed E-state index contributed by atoms with van der Waals surface area (Å²) in [4.78, 5) is 0. The standard InChI is InChI=1S/C15H16N2/c1-17(16-15-10-6-3-7-11-15)13-12-14-8-4-2-5-9-14/h2-13,16H,1H3. The average molecular weight is 224 g/mol. The topological polar surface area (TPSA) is 15.3 Å². The van der Waals surface area contributed by atoms with Gasteiger partial charge < -0.3 is 0 Å². The summed E-state index contributed by atoms with van der Waals surface area (Å²) in [5.41, 5.74) is 5.52. The van der Waals surface area contributed by atoms with Crippen molar-refractivity contribution in [2.75, 3.05) is 12.5 Å². The molecule has 2 aromatic rings. The van der Waals surface area contributed by atoms with Crippen LogP contribution in [0.3, 0.4) is 0 Å². The second-order valence-electron chi connectivity index (χ2n) is 3.82. The number of hydrogen-bond acceptors (Lipinski definition) is 2. The van der Waals surface area contributed by atoms with Gasteiger partial charge in [-0.2, -0.15) is 0 Å². The molecule has 0 aromatic heterocycles. The van der Waals surface area contributed by atoms with Crippen molar-refractivity contribution in [1.29, 1.82) is 0 Å². The molecule has 0 atom stereocenters. The van der Waals surface area contributed by atoms with Gasteiger partial charge in [0.05, 0.1) is 5.69 Å². The van der Waals surface area contributed by atoms with Crippen molar-refractivity contribution in [2.24, 2.45) is 0 Å². The summed E-state index contributed by atoms with van der Waals surface area (Å²) in [5, 5.41) is 1.93. The van der Waals surface area contributed by atoms with Crippen LogP contribution in [0.2, 0.25) is 0 Å². The lowest BCUT2D eigenvalue weighted by Gasteiger charge is -2.16. The lowest BCUT2D eigenvalue weighted by Crippen LogP contribution is -2.18. The number of benzene rings is 2. The maximum atomic E-state index is 3.26. The molecule has 2 aromatic carbocycles. The average Bonchev–Trinajstić information content (AvgIpc) is 2.39. The first-order valence-corrected chi connectivity index (χ1v) is 5.62. The SMILES string of the molecule is CN(C=Cc1ccccc1)Nc1ccccc1. The van der Waals surface area contributed by atoms with Gasteiger partial charge in [0.25, 0.3) is 0 Å². The fourth-order valence-corrected chi connectivity index (χ4v) is 1.52. The molecule has 0 saturated carbocycles. The minimum atomic E-state index is 1.08. The lowest BCUT2D eigenvalue weighted by atomic mass is 10.2. The molecule has 0 radical (unpaired) electrons. The first-order chi connectivity index (χ1) is 8.34. The number of hydrogen-bond donors (Lipinski definition) is 1. The van der Waals surface area contributed by atoms with Crippen molar-refractivity contribution in [1.82, 2.24) is 5.01 Å². The Hall–Kier alpha value is -2.22. The van der Waals surface area contributed by atoms with Crippen molar-refractivity contribution in [3.63, 3.8) is 0 Å². The van der Waals surface area contributed by atoms with E-state index in [9.17, 15) is 0 Å². The van der Waals surface area contributed by atoms with E-state index in [-0.39, 0.29) is 0 Å². The van der Waals surface area contributed by atoms with E-state index < -0.39 is 0 Å². The molecule has 17 heavy (non-hydrogen) atoms. The Balaban J connectivity index is 1.94. The van der Waals surface area contributed by atoms with Crippen LogP contribution >= 0.6 is 0 Å². The number of rotatable bonds is 4. The summed E-state index contributed by atoms with van der Waals surface area (Å²) in [5.74, 6) is 0. The largest absolute Gasteiger partial charge is 0.299 e. The Morgan fingerprint density at radius 1 is 0.882 bits per heavy atom. The second-order valence-corrected chi connectivity index (χ2v) is 3.82. The van der Waals surface area contributed by atoms with Crippen molar-refractivity contribution >= 4 is 11.8 Å². The minimum Gasteiger partial charge on any atom is -0.299 e. The number of nitrogens with one attached hydrogen (secondary N) is 1. The zero-order chi connectivity index (χ0) is 11.9. The van der Waals surface area contributed by atoms with Crippen LogP contribution in [0, 0.1) is 0 Å². The van der Waals surface area contributed by atoms with Crippen LogP contribution in [0.1, 0.15) is 5.56 Å². The Labute approximate surface area is 102 Å². The van der Waals surface area contributed by atoms with Crippen molar-refractivity contribution in [3.8, 4) is 0 Å². The summed E-state index contributed by atoms with van der Waals surface area (Å²) in [6.45, 7) is 0. The zero-order valence-electron chi connectivity index (χ0n) is 9.88. The van der Waals surface area contributed by atoms with Gasteiger partial charge in [-0.15, -0.1) is 0 Å². The third kappa shape index (κ3) is 3.68. The van der Waals surface area contributed by atoms with Crippen molar-refractivity contribution in [2.45, 2.75) is 0 Å². The number of anilines is 1. The van der Waals surface area contributed by atoms with Gasteiger partial charge >= 0.3 is 0 Å². The molecule has 0 aliphatic rings. The van der Waals surface area contributed by atoms with Crippen LogP contribution < -0.4 is 5.43 Å². The van der Waals surface area contributed by atoms with Gasteiger partial charge in [0.15, 0.2) is 0 Å². The smallest absolute Gasteiger partial charge is 0.0541 e. The van der Waals surface area contributed by atoms with E-state index in [0.29, 0.717) is 0 Å². The van der Waals surface area contributed by atoms with Gasteiger partial charge in [0.2, 0.25) is 0 Å². The van der Waals surface area contributed by atoms with Gasteiger partial charge in [0, 0.05) is 13.2 Å². The molecule has 0 aliphatic heterocycles. The van der Waals surface area contributed by atoms with Crippen LogP contribution in [0.15, 0.2) is 66.9 Å². The summed E-state index contributed by atoms with van der Waals surface area (Å²) in [6.07, 6.45) is 4.07. The summed E-state index contributed by atoms with van der Waals surface area (Å²) in [6, 6.07) is 20.3. The maximum Gasteiger partial charge on any atom is 0.0541 e. The van der Waals surface area contributed by atoms with Gasteiger partial charge in [-0.25, -0.2) is 0 Å². The van der Waals surface area contributed by atoms with Crippen LogP contribution in [0.5, 0.6) is 0 Å². The Kier molecular flexibility index (Phi) is 3.81. The normalized spacial score (nSPS) is 10.4. The molecule has 2 heteroatoms. The van der Waals surface area contributed by atoms with Gasteiger partial charge in [0.1, 0.15) is 0 Å². The van der Waals surface area contributed by atoms with Gasteiger partial charge in [-0.1, -0.05) is 48.5 Å². The molecule has 0 unspecified atom stereocenters. The summed E-state index contributed by atoms with van der Waals surface area (Å²) in [7, 11) is 1.98. The van der Waals surface area contributed by atoms with Crippen molar-refractivity contribution < 1.29 is 0 Å². The van der Waals surface area contributed by atoms with Gasteiger partial charge in [-0.3, -0.25) is 10.4 Å². The van der Waals surface area contributed by atoms with Crippen LogP contribution in [0.25, 0.3) is 6.08 Å². The predicted octanol–water partition coefficient (Wildman–Crippen LogP) is 3.62. The van der Waals surface area contributed by atoms with Crippen LogP contribution in [-0.2, 0) is 0 Å². The highest BCUT2D eigenvalue weighted by molar-refractivity contribution is 5.49. The third-order valence-electron chi connectivity index (χ3n) is 2.37. The molecule has 0 amide bonds. The first kappa shape index (κ1) is 11.3. The summed E-state index contributed by atoms with van der Waals surface area (Å²) < 4.78 is 0. The van der Waals surface area contributed by atoms with Crippen molar-refractivity contribution in [3.05, 3.63) is 72.4 Å². The molecule has 0 saturated heterocycles. The van der Waals surface area contributed by atoms with Gasteiger partial charge in [-0.05, 0) is 23.8 Å². The predicted molar refractivity (Wildman–Crippen MR) is 73.3 cm³/mol. The fraction of sp³-hybridized carbons (Fsp3) is 0.0667. The Bertz CT molecular complexity index is 463. The molecule has 0 bridgehead atoms. The summed E-state index contributed by atoms with van der Waals surface area (Å²) >= 11 is 0. The number of hydrazine groups is 1. The highest BCUT2D eigenvalue weighted by Crippen LogP contribution is 2.07. The van der Waals surface area contributed by atoms with E-state index in [1.165, 1.54) is 5.56 Å². The van der Waals surface area contributed by atoms with E-state index in [4.69, 9.17) is 0 Å². The maximum absolute atomic E-state index is 3.26. The van der Waals surface area contributed by atoms with E-state index in [1.807, 2.05) is 66.8 Å². The quantitative estimate of drug-likeness (QED) is 0.798. The third-order valence-corrected chi connectivity index (χ3v) is 2.37. The molecule has 86 valence electrons. The van der Waals surface area contributed by atoms with Crippen LogP contribution in [0.4, 0.5) is 5.69 Å². The highest BCUT2D eigenvalue weighted by Gasteiger charge is 1.91. The first-order valence-electron chi connectivity index (χ1n) is 5.62. The zero-order valence-corrected chi connectivity index (χ0v) is 9.88. The number of para-hydroxylation sites is 1. The molecule has 2 nitrogen and oxygen atoms in total. The minimum absolute atomic E-state index is 1.08. The molecule has 0 heterocycles. The Morgan fingerprint density at radius 2 is 1.47 bits per heavy atom. The Morgan fingerprint density at radius 3 is 2.12 bits per heavy atom. The van der Waals surface area contributed by atoms with E-state index in [0.717, 1.165) is 5.69 Å². The molecule has 0 aliphatic carbocycles. The number of nitrogens with zero attached hydrogens (tertiary/aromatic N) is 1. The van der Waals surface area contributed by atoms with E-state index >= 15 is 0 Å². The molecular formula is C15H16N2. The lowest BCUT2D eigenvalue weighted by molar-refractivity contribution is 0.555. The van der Waals surface area contributed by atoms with E-state index in [2.05, 4.69) is 23.6 Å². The van der Waals surface area contributed by atoms with Crippen LogP contribution in [-0.4, -0.2) is 12.1 Å². The molecule has 0 fully saturated rings. The monoisotopic (exact) mass is 224 g/mol.